The summed E-state index contributed by atoms with van der Waals surface area (Å²) in [7, 11) is 4.61. The van der Waals surface area contributed by atoms with Crippen molar-refractivity contribution in [1.29, 1.82) is 0 Å². The molecule has 1 fully saturated rings. The number of carbonyl (C=O) groups is 10. The number of hydrogen-bond acceptors (Lipinski definition) is 25. The first-order valence-electron chi connectivity index (χ1n) is 40.7. The molecule has 4 rings (SSSR count). The first kappa shape index (κ1) is 114. The van der Waals surface area contributed by atoms with Crippen LogP contribution in [0.5, 0.6) is 17.6 Å². The number of esters is 6. The predicted molar refractivity (Wildman–Crippen MR) is 462 cm³/mol. The third-order valence-corrected chi connectivity index (χ3v) is 19.4. The summed E-state index contributed by atoms with van der Waals surface area (Å²) in [6.07, 6.45) is 30.0. The Morgan fingerprint density at radius 1 is 0.487 bits per heavy atom. The number of likely N-dealkylation sites (tertiary alicyclic amines) is 1. The molecule has 672 valence electrons. The van der Waals surface area contributed by atoms with Gasteiger partial charge in [-0.2, -0.15) is 13.5 Å². The van der Waals surface area contributed by atoms with Crippen molar-refractivity contribution in [3.8, 4) is 17.6 Å². The summed E-state index contributed by atoms with van der Waals surface area (Å²) < 4.78 is 44.8. The molecule has 3 aromatic rings. The minimum atomic E-state index is -1.42. The smallest absolute Gasteiger partial charge is 0.323 e. The number of aliphatic hydroxyl groups is 2. The molecule has 0 aliphatic carbocycles. The fraction of sp³-hybridized carbons (Fsp3) is 0.607. The normalized spacial score (nSPS) is 14.5. The number of carboxylic acids is 2. The highest BCUT2D eigenvalue weighted by molar-refractivity contribution is 7.59. The largest absolute Gasteiger partial charge is 0.481 e. The first-order valence-corrected chi connectivity index (χ1v) is 40.7. The Balaban J connectivity index is -0.00000139. The fourth-order valence-electron chi connectivity index (χ4n) is 11.6. The van der Waals surface area contributed by atoms with Crippen molar-refractivity contribution >= 4 is 73.1 Å². The lowest BCUT2D eigenvalue weighted by Crippen LogP contribution is -2.61. The second-order valence-electron chi connectivity index (χ2n) is 29.1. The van der Waals surface area contributed by atoms with E-state index in [2.05, 4.69) is 53.2 Å². The van der Waals surface area contributed by atoms with Gasteiger partial charge in [-0.05, 0) is 189 Å². The van der Waals surface area contributed by atoms with E-state index in [4.69, 9.17) is 63.7 Å². The highest BCUT2D eigenvalue weighted by atomic mass is 32.1. The number of hydrogen-bond donors (Lipinski definition) is 6. The van der Waals surface area contributed by atoms with Crippen LogP contribution in [-0.2, 0) is 76.4 Å². The number of carbonyl (C=O) groups excluding carboxylic acids is 8. The number of rotatable bonds is 53. The predicted octanol–water partition coefficient (Wildman–Crippen LogP) is 14.8. The summed E-state index contributed by atoms with van der Waals surface area (Å²) >= 11 is 0. The van der Waals surface area contributed by atoms with Gasteiger partial charge in [0, 0.05) is 49.4 Å². The quantitative estimate of drug-likeness (QED) is 0.00763. The van der Waals surface area contributed by atoms with Gasteiger partial charge < -0.3 is 79.0 Å². The van der Waals surface area contributed by atoms with Crippen molar-refractivity contribution < 1.29 is 111 Å². The number of ether oxygens (including phenoxy) is 9. The summed E-state index contributed by atoms with van der Waals surface area (Å²) in [4.78, 5) is 132. The average molecular weight is 1700 g/mol. The Labute approximate surface area is 713 Å². The van der Waals surface area contributed by atoms with Gasteiger partial charge in [0.1, 0.15) is 0 Å². The molecule has 119 heavy (non-hydrogen) atoms. The number of aliphatic carboxylic acids is 2. The van der Waals surface area contributed by atoms with E-state index >= 15 is 0 Å². The van der Waals surface area contributed by atoms with E-state index in [0.29, 0.717) is 75.1 Å². The molecule has 1 aliphatic heterocycles. The second-order valence-corrected chi connectivity index (χ2v) is 29.1. The van der Waals surface area contributed by atoms with Crippen LogP contribution in [0.2, 0.25) is 0 Å². The number of carboxylic acid groups (broad SMARTS) is 2. The van der Waals surface area contributed by atoms with Crippen molar-refractivity contribution in [2.45, 2.75) is 242 Å². The molecule has 1 saturated heterocycles. The van der Waals surface area contributed by atoms with Crippen LogP contribution in [0.4, 0.5) is 0 Å². The maximum atomic E-state index is 12.9. The zero-order valence-electron chi connectivity index (χ0n) is 73.4. The summed E-state index contributed by atoms with van der Waals surface area (Å²) in [6.45, 7) is 38.7. The number of aliphatic hydroxyl groups excluding tert-OH is 2. The topological polar surface area (TPSA) is 415 Å². The third-order valence-electron chi connectivity index (χ3n) is 19.4. The van der Waals surface area contributed by atoms with E-state index < -0.39 is 69.6 Å². The molecule has 3 aromatic heterocycles. The second kappa shape index (κ2) is 64.4. The Morgan fingerprint density at radius 2 is 0.832 bits per heavy atom. The van der Waals surface area contributed by atoms with E-state index in [0.717, 1.165) is 107 Å². The number of pyridine rings is 3. The van der Waals surface area contributed by atoms with Gasteiger partial charge in [-0.1, -0.05) is 80.7 Å². The van der Waals surface area contributed by atoms with Crippen LogP contribution >= 0.6 is 13.5 Å². The molecule has 29 nitrogen and oxygen atoms in total. The van der Waals surface area contributed by atoms with E-state index in [-0.39, 0.29) is 108 Å². The molecule has 0 bridgehead atoms. The molecule has 4 heterocycles. The lowest BCUT2D eigenvalue weighted by molar-refractivity contribution is -0.172. The first-order chi connectivity index (χ1) is 56.1. The summed E-state index contributed by atoms with van der Waals surface area (Å²) in [5.74, 6) is -3.49. The van der Waals surface area contributed by atoms with Crippen molar-refractivity contribution in [3.63, 3.8) is 0 Å². The van der Waals surface area contributed by atoms with Crippen LogP contribution in [0.3, 0.4) is 0 Å². The van der Waals surface area contributed by atoms with E-state index in [9.17, 15) is 53.1 Å². The van der Waals surface area contributed by atoms with Crippen LogP contribution in [-0.4, -0.2) is 181 Å². The van der Waals surface area contributed by atoms with E-state index in [1.165, 1.54) is 14.0 Å². The third kappa shape index (κ3) is 43.3. The van der Waals surface area contributed by atoms with Crippen molar-refractivity contribution in [1.82, 2.24) is 25.2 Å². The molecule has 4 unspecified atom stereocenters. The number of unbranched alkanes of at least 4 members (excludes halogenated alkanes) is 10. The zero-order valence-corrected chi connectivity index (χ0v) is 74.4. The molecular weight excluding hydrogens is 1550 g/mol. The van der Waals surface area contributed by atoms with Gasteiger partial charge in [0.25, 0.3) is 0 Å². The molecule has 30 heteroatoms. The summed E-state index contributed by atoms with van der Waals surface area (Å²) in [5, 5.41) is 39.5. The Hall–Kier alpha value is -9.52. The number of aromatic nitrogens is 3. The number of nitrogens with zero attached hydrogens (tertiary/aromatic N) is 4. The van der Waals surface area contributed by atoms with Crippen LogP contribution in [0.1, 0.15) is 259 Å². The molecule has 0 radical (unpaired) electrons. The zero-order chi connectivity index (χ0) is 89.8. The average Bonchev–Trinajstić information content (AvgIpc) is 0.748. The summed E-state index contributed by atoms with van der Waals surface area (Å²) in [5.41, 5.74) is 3.23. The molecule has 0 saturated carbocycles. The number of nitrogens with two attached hydrogens (primary N) is 1. The monoisotopic (exact) mass is 1690 g/mol. The molecule has 7 atom stereocenters. The fourth-order valence-corrected chi connectivity index (χ4v) is 11.6. The maximum absolute atomic E-state index is 12.9. The van der Waals surface area contributed by atoms with Crippen LogP contribution in [0.25, 0.3) is 0 Å². The van der Waals surface area contributed by atoms with Crippen molar-refractivity contribution in [2.24, 2.45) is 32.8 Å². The Kier molecular flexibility index (Phi) is 61.5. The number of allylic oxidation sites excluding steroid dienone is 5. The molecule has 0 spiro atoms. The van der Waals surface area contributed by atoms with Crippen LogP contribution in [0, 0.1) is 27.1 Å². The molecular formula is C89H142N6O23S. The molecule has 0 aromatic carbocycles. The van der Waals surface area contributed by atoms with Gasteiger partial charge in [0.2, 0.25) is 29.5 Å². The molecule has 1 aliphatic rings. The lowest BCUT2D eigenvalue weighted by Gasteiger charge is -2.50. The van der Waals surface area contributed by atoms with Gasteiger partial charge in [-0.3, -0.25) is 47.9 Å². The van der Waals surface area contributed by atoms with Gasteiger partial charge in [0.15, 0.2) is 10.8 Å². The summed E-state index contributed by atoms with van der Waals surface area (Å²) in [6, 6.07) is 9.14. The van der Waals surface area contributed by atoms with Gasteiger partial charge in [-0.25, -0.2) is 15.0 Å². The van der Waals surface area contributed by atoms with Gasteiger partial charge in [-0.15, -0.1) is 32.9 Å². The van der Waals surface area contributed by atoms with Crippen LogP contribution in [0.15, 0.2) is 118 Å². The SMILES string of the molecule is C=CCCCCC(C)(C(=O)O)C(=O)OCC.C=CCCCCC(C)(C(=O)OCC)C(=O)OCC.C=CCCCCC(C)(CO)C(=O)N[C@@H](CC(=O)OCC)c1ccc(OC)nc1.C=CCCCCC(C)(CO)C(=O)O.C=CCCCCC1(C)CN([C@@H](CC(=O)OCC)c2ccc(OC)nc2)C1=O.CCOC(=O)C[C@H](N)c1ccc(OC)nc1.S. The number of nitrogens with one attached hydrogen (secondary N) is 1. The minimum Gasteiger partial charge on any atom is -0.481 e. The molecule has 7 N–H and O–H groups in total. The van der Waals surface area contributed by atoms with Gasteiger partial charge >= 0.3 is 47.8 Å². The molecule has 2 amide bonds. The number of methoxy groups -OCH3 is 3. The van der Waals surface area contributed by atoms with E-state index in [1.54, 1.807) is 136 Å². The van der Waals surface area contributed by atoms with Crippen molar-refractivity contribution in [3.05, 3.63) is 135 Å². The Morgan fingerprint density at radius 3 is 1.18 bits per heavy atom. The number of β-lactam (4-membered cyclic amide) rings is 1. The number of amides is 2. The standard InChI is InChI=1S/C21H32N2O5.C21H30N2O4.C14H24O4.C12H20O4.C11H16N2O3.C10H18O3.H2S/c1-5-7-8-9-12-21(3,15-24)20(26)23-17(13-19(25)28-6-2)16-10-11-18(27-4)22-14-16;1-5-7-8-9-12-21(3)15-23(20(21)25)17(13-19(24)27-6-2)16-10-11-18(26-4)22-14-16;1-5-8-9-10-11-14(4,12(15)17-6-2)13(16)18-7-3;1-4-6-7-8-9-12(3,10(13)14)11(15)16-5-2;1-3-16-11(14)6-9(12)8-4-5-10(15-2)13-7-8;1-3-4-5-6-7-10(2,8-11)9(12)13;/h5,10-11,14,17,24H,1,6-9,12-13,15H2,2-4H3,(H,23,26);5,10-11,14,17H,1,6-9,12-13,15H2,2-4H3;5H,1,6-11H2,2-4H3;4H,1,5-9H2,2-3H3,(H,13,14);4-5,7,9H,3,6,12H2,1-2H3;3,11H,1,4-8H2,2H3,(H,12,13);1H2/t2*17-,21?;;;9-;;/m00..0../s1. The van der Waals surface area contributed by atoms with E-state index in [1.807, 2.05) is 37.3 Å². The highest BCUT2D eigenvalue weighted by Crippen LogP contribution is 2.43. The Bertz CT molecular complexity index is 3460. The van der Waals surface area contributed by atoms with Gasteiger partial charge in [0.05, 0.1) is 122 Å². The van der Waals surface area contributed by atoms with Crippen LogP contribution < -0.4 is 25.3 Å². The maximum Gasteiger partial charge on any atom is 0.323 e. The highest BCUT2D eigenvalue weighted by Gasteiger charge is 2.51. The minimum absolute atomic E-state index is 0. The van der Waals surface area contributed by atoms with Crippen molar-refractivity contribution in [2.75, 3.05) is 80.7 Å². The lowest BCUT2D eigenvalue weighted by atomic mass is 9.74.